The van der Waals surface area contributed by atoms with Gasteiger partial charge < -0.3 is 19.1 Å². The van der Waals surface area contributed by atoms with Crippen LogP contribution in [0.4, 0.5) is 8.78 Å². The van der Waals surface area contributed by atoms with E-state index < -0.39 is 35.3 Å². The quantitative estimate of drug-likeness (QED) is 0.444. The normalized spacial score (nSPS) is 27.2. The zero-order valence-electron chi connectivity index (χ0n) is 24.4. The smallest absolute Gasteiger partial charge is 0.278 e. The van der Waals surface area contributed by atoms with Crippen LogP contribution in [0.1, 0.15) is 39.3 Å². The molecule has 0 radical (unpaired) electrons. The summed E-state index contributed by atoms with van der Waals surface area (Å²) in [6, 6.07) is 12.4. The number of carbonyl (C=O) groups excluding carboxylic acids is 1. The summed E-state index contributed by atoms with van der Waals surface area (Å²) in [5, 5.41) is 2.00. The monoisotopic (exact) mass is 614 g/mol. The molecule has 5 unspecified atom stereocenters. The number of allylic oxidation sites excluding steroid dienone is 2. The number of amides is 1. The van der Waals surface area contributed by atoms with E-state index in [1.807, 2.05) is 47.5 Å². The number of halogens is 2. The molecule has 0 bridgehead atoms. The van der Waals surface area contributed by atoms with Gasteiger partial charge in [-0.1, -0.05) is 60.7 Å². The number of nitrogens with zero attached hydrogens (tertiary/aromatic N) is 4. The van der Waals surface area contributed by atoms with Gasteiger partial charge in [0.2, 0.25) is 5.43 Å². The first-order valence-electron chi connectivity index (χ1n) is 15.3. The predicted octanol–water partition coefficient (Wildman–Crippen LogP) is 3.69. The van der Waals surface area contributed by atoms with Crippen molar-refractivity contribution in [3.8, 4) is 5.75 Å². The molecule has 5 atom stereocenters. The summed E-state index contributed by atoms with van der Waals surface area (Å²) in [6.07, 6.45) is 9.14. The van der Waals surface area contributed by atoms with Gasteiger partial charge in [-0.15, -0.1) is 0 Å². The lowest BCUT2D eigenvalue weighted by Crippen LogP contribution is -2.67. The van der Waals surface area contributed by atoms with Crippen molar-refractivity contribution in [3.05, 3.63) is 123 Å². The third kappa shape index (κ3) is 4.52. The number of hydrogen-bond acceptors (Lipinski definition) is 7. The SMILES string of the molecule is O=C1c2c(OCc3ccccc3)c(=O)ccn2N(C2c3ccc(F)c(F)c3C3COCCN3C3C=CC=CC32)C2COCCN12. The minimum absolute atomic E-state index is 0.0538. The Bertz CT molecular complexity index is 1760. The van der Waals surface area contributed by atoms with Gasteiger partial charge in [-0.2, -0.15) is 0 Å². The van der Waals surface area contributed by atoms with Crippen LogP contribution in [-0.4, -0.2) is 72.1 Å². The summed E-state index contributed by atoms with van der Waals surface area (Å²) in [7, 11) is 0. The number of benzene rings is 2. The van der Waals surface area contributed by atoms with E-state index in [1.54, 1.807) is 21.8 Å². The second-order valence-electron chi connectivity index (χ2n) is 11.9. The molecule has 232 valence electrons. The molecule has 3 aromatic rings. The van der Waals surface area contributed by atoms with Crippen LogP contribution in [0, 0.1) is 17.6 Å². The minimum atomic E-state index is -0.925. The number of hydrogen-bond donors (Lipinski definition) is 0. The maximum Gasteiger partial charge on any atom is 0.278 e. The molecular weight excluding hydrogens is 582 g/mol. The largest absolute Gasteiger partial charge is 0.482 e. The van der Waals surface area contributed by atoms with Gasteiger partial charge in [-0.25, -0.2) is 8.78 Å². The van der Waals surface area contributed by atoms with Gasteiger partial charge in [0.05, 0.1) is 38.5 Å². The van der Waals surface area contributed by atoms with E-state index in [-0.39, 0.29) is 54.7 Å². The average molecular weight is 615 g/mol. The summed E-state index contributed by atoms with van der Waals surface area (Å²) < 4.78 is 50.6. The van der Waals surface area contributed by atoms with Crippen molar-refractivity contribution in [2.75, 3.05) is 44.5 Å². The molecule has 5 aliphatic rings. The Balaban J connectivity index is 1.35. The molecule has 2 aromatic carbocycles. The van der Waals surface area contributed by atoms with Crippen LogP contribution in [-0.2, 0) is 16.1 Å². The molecule has 11 heteroatoms. The molecule has 1 amide bonds. The van der Waals surface area contributed by atoms with Gasteiger partial charge in [0.25, 0.3) is 5.91 Å². The highest BCUT2D eigenvalue weighted by Crippen LogP contribution is 2.48. The third-order valence-corrected chi connectivity index (χ3v) is 9.55. The molecule has 0 spiro atoms. The highest BCUT2D eigenvalue weighted by atomic mass is 19.2. The molecule has 8 rings (SSSR count). The van der Waals surface area contributed by atoms with E-state index in [9.17, 15) is 9.59 Å². The van der Waals surface area contributed by atoms with Gasteiger partial charge >= 0.3 is 0 Å². The first-order chi connectivity index (χ1) is 22.0. The second-order valence-corrected chi connectivity index (χ2v) is 11.9. The second kappa shape index (κ2) is 11.2. The third-order valence-electron chi connectivity index (χ3n) is 9.55. The van der Waals surface area contributed by atoms with Crippen molar-refractivity contribution in [2.45, 2.75) is 30.9 Å². The molecule has 9 nitrogen and oxygen atoms in total. The zero-order valence-corrected chi connectivity index (χ0v) is 24.4. The number of morpholine rings is 2. The van der Waals surface area contributed by atoms with Crippen molar-refractivity contribution in [3.63, 3.8) is 0 Å². The molecule has 1 aliphatic carbocycles. The number of pyridine rings is 1. The summed E-state index contributed by atoms with van der Waals surface area (Å²) in [5.41, 5.74) is 1.37. The standard InChI is InChI=1S/C34H32F2N4O5/c35-24-11-10-23-29(30(24)36)26-19-43-16-14-37(26)25-9-5-4-8-22(25)31(23)40-28-20-44-17-15-38(28)34(42)32-33(27(41)12-13-39(32)40)45-18-21-6-2-1-3-7-21/h1-13,22,25-26,28,31H,14-20H2. The van der Waals surface area contributed by atoms with Gasteiger partial charge in [-0.3, -0.25) is 24.2 Å². The van der Waals surface area contributed by atoms with Crippen LogP contribution < -0.4 is 15.2 Å². The van der Waals surface area contributed by atoms with Crippen LogP contribution in [0.25, 0.3) is 0 Å². The molecule has 4 aliphatic heterocycles. The Hall–Kier alpha value is -4.32. The molecule has 0 saturated carbocycles. The van der Waals surface area contributed by atoms with E-state index in [1.165, 1.54) is 12.1 Å². The maximum atomic E-state index is 16.1. The molecule has 2 saturated heterocycles. The Kier molecular flexibility index (Phi) is 7.04. The number of fused-ring (bicyclic) bond motifs is 7. The minimum Gasteiger partial charge on any atom is -0.482 e. The van der Waals surface area contributed by atoms with Crippen molar-refractivity contribution >= 4 is 5.91 Å². The molecule has 5 heterocycles. The highest BCUT2D eigenvalue weighted by Gasteiger charge is 2.51. The van der Waals surface area contributed by atoms with Crippen molar-refractivity contribution in [1.29, 1.82) is 0 Å². The lowest BCUT2D eigenvalue weighted by atomic mass is 9.83. The Labute approximate surface area is 258 Å². The van der Waals surface area contributed by atoms with E-state index in [0.29, 0.717) is 31.9 Å². The van der Waals surface area contributed by atoms with Crippen LogP contribution in [0.5, 0.6) is 5.75 Å². The lowest BCUT2D eigenvalue weighted by Gasteiger charge is -2.53. The molecule has 1 aromatic heterocycles. The van der Waals surface area contributed by atoms with Crippen molar-refractivity contribution in [2.24, 2.45) is 5.92 Å². The van der Waals surface area contributed by atoms with Gasteiger partial charge in [0, 0.05) is 42.9 Å². The van der Waals surface area contributed by atoms with Crippen LogP contribution in [0.15, 0.2) is 83.8 Å². The average Bonchev–Trinajstić information content (AvgIpc) is 3.20. The lowest BCUT2D eigenvalue weighted by molar-refractivity contribution is -0.0344. The number of aromatic nitrogens is 1. The first kappa shape index (κ1) is 28.2. The molecular formula is C34H32F2N4O5. The highest BCUT2D eigenvalue weighted by molar-refractivity contribution is 5.96. The van der Waals surface area contributed by atoms with Crippen molar-refractivity contribution < 1.29 is 27.8 Å². The summed E-state index contributed by atoms with van der Waals surface area (Å²) >= 11 is 0. The van der Waals surface area contributed by atoms with Crippen LogP contribution in [0.2, 0.25) is 0 Å². The van der Waals surface area contributed by atoms with E-state index in [4.69, 9.17) is 14.2 Å². The number of ether oxygens (including phenoxy) is 3. The van der Waals surface area contributed by atoms with Gasteiger partial charge in [0.1, 0.15) is 12.8 Å². The fraction of sp³-hybridized carbons (Fsp3) is 0.353. The predicted molar refractivity (Wildman–Crippen MR) is 160 cm³/mol. The zero-order chi connectivity index (χ0) is 30.7. The number of rotatable bonds is 4. The summed E-state index contributed by atoms with van der Waals surface area (Å²) in [5.74, 6) is -2.46. The molecule has 45 heavy (non-hydrogen) atoms. The van der Waals surface area contributed by atoms with Crippen LogP contribution >= 0.6 is 0 Å². The molecule has 0 N–H and O–H groups in total. The van der Waals surface area contributed by atoms with Gasteiger partial charge in [-0.05, 0) is 17.2 Å². The van der Waals surface area contributed by atoms with Crippen LogP contribution in [0.3, 0.4) is 0 Å². The van der Waals surface area contributed by atoms with Gasteiger partial charge in [0.15, 0.2) is 23.1 Å². The Morgan fingerprint density at radius 2 is 1.71 bits per heavy atom. The fourth-order valence-corrected chi connectivity index (χ4v) is 7.57. The van der Waals surface area contributed by atoms with E-state index in [0.717, 1.165) is 5.56 Å². The van der Waals surface area contributed by atoms with Crippen molar-refractivity contribution in [1.82, 2.24) is 14.5 Å². The fourth-order valence-electron chi connectivity index (χ4n) is 7.57. The number of carbonyl (C=O) groups is 1. The van der Waals surface area contributed by atoms with E-state index >= 15 is 8.78 Å². The maximum absolute atomic E-state index is 16.1. The summed E-state index contributed by atoms with van der Waals surface area (Å²) in [6.45, 7) is 2.16. The molecule has 2 fully saturated rings. The topological polar surface area (TPSA) is 76.5 Å². The van der Waals surface area contributed by atoms with E-state index in [2.05, 4.69) is 17.1 Å². The first-order valence-corrected chi connectivity index (χ1v) is 15.3. The Morgan fingerprint density at radius 3 is 2.58 bits per heavy atom. The summed E-state index contributed by atoms with van der Waals surface area (Å²) in [4.78, 5) is 31.5. The Morgan fingerprint density at radius 1 is 0.911 bits per heavy atom.